The molecule has 3 nitrogen and oxygen atoms in total. The van der Waals surface area contributed by atoms with Gasteiger partial charge in [0.1, 0.15) is 0 Å². The van der Waals surface area contributed by atoms with Crippen LogP contribution in [0.3, 0.4) is 0 Å². The second kappa shape index (κ2) is 4.82. The van der Waals surface area contributed by atoms with Gasteiger partial charge in [-0.05, 0) is 23.3 Å². The average molecular weight is 215 g/mol. The fraction of sp³-hybridized carbons (Fsp3) is 0.308. The van der Waals surface area contributed by atoms with Gasteiger partial charge in [-0.3, -0.25) is 4.79 Å². The van der Waals surface area contributed by atoms with Crippen molar-refractivity contribution in [1.82, 2.24) is 5.32 Å². The van der Waals surface area contributed by atoms with E-state index in [-0.39, 0.29) is 5.91 Å². The summed E-state index contributed by atoms with van der Waals surface area (Å²) in [6, 6.07) is 5.64. The van der Waals surface area contributed by atoms with E-state index < -0.39 is 0 Å². The molecule has 0 unspecified atom stereocenters. The van der Waals surface area contributed by atoms with Crippen LogP contribution in [-0.4, -0.2) is 12.5 Å². The first kappa shape index (κ1) is 10.7. The summed E-state index contributed by atoms with van der Waals surface area (Å²) in [5.74, 6) is 2.40. The molecule has 1 aliphatic heterocycles. The lowest BCUT2D eigenvalue weighted by molar-refractivity contribution is 0.0954. The van der Waals surface area contributed by atoms with Crippen molar-refractivity contribution in [3.8, 4) is 12.3 Å². The Morgan fingerprint density at radius 3 is 3.06 bits per heavy atom. The van der Waals surface area contributed by atoms with Gasteiger partial charge < -0.3 is 10.1 Å². The van der Waals surface area contributed by atoms with Crippen LogP contribution in [0.2, 0.25) is 0 Å². The Hall–Kier alpha value is -1.79. The Morgan fingerprint density at radius 2 is 2.25 bits per heavy atom. The van der Waals surface area contributed by atoms with Crippen LogP contribution < -0.4 is 5.32 Å². The van der Waals surface area contributed by atoms with E-state index in [2.05, 4.69) is 11.2 Å². The van der Waals surface area contributed by atoms with Gasteiger partial charge in [0.25, 0.3) is 5.91 Å². The fourth-order valence-corrected chi connectivity index (χ4v) is 1.66. The first-order valence-corrected chi connectivity index (χ1v) is 5.22. The minimum atomic E-state index is -0.0787. The van der Waals surface area contributed by atoms with E-state index in [0.29, 0.717) is 31.7 Å². The van der Waals surface area contributed by atoms with Gasteiger partial charge in [-0.25, -0.2) is 0 Å². The highest BCUT2D eigenvalue weighted by atomic mass is 16.5. The van der Waals surface area contributed by atoms with Gasteiger partial charge in [0.15, 0.2) is 0 Å². The number of carbonyl (C=O) groups is 1. The largest absolute Gasteiger partial charge is 0.372 e. The van der Waals surface area contributed by atoms with E-state index in [0.717, 1.165) is 5.56 Å². The maximum Gasteiger partial charge on any atom is 0.251 e. The number of ether oxygens (including phenoxy) is 1. The maximum absolute atomic E-state index is 11.7. The van der Waals surface area contributed by atoms with Gasteiger partial charge in [-0.15, -0.1) is 12.3 Å². The van der Waals surface area contributed by atoms with Crippen LogP contribution in [0.25, 0.3) is 0 Å². The van der Waals surface area contributed by atoms with E-state index >= 15 is 0 Å². The molecule has 0 saturated carbocycles. The number of hydrogen-bond acceptors (Lipinski definition) is 2. The van der Waals surface area contributed by atoms with E-state index in [1.807, 2.05) is 18.2 Å². The van der Waals surface area contributed by atoms with Crippen molar-refractivity contribution in [3.63, 3.8) is 0 Å². The highest BCUT2D eigenvalue weighted by Gasteiger charge is 2.13. The summed E-state index contributed by atoms with van der Waals surface area (Å²) in [7, 11) is 0. The van der Waals surface area contributed by atoms with Crippen LogP contribution in [0, 0.1) is 12.3 Å². The molecule has 1 aromatic carbocycles. The van der Waals surface area contributed by atoms with E-state index in [9.17, 15) is 4.79 Å². The minimum Gasteiger partial charge on any atom is -0.372 e. The van der Waals surface area contributed by atoms with Gasteiger partial charge in [0, 0.05) is 18.5 Å². The lowest BCUT2D eigenvalue weighted by Crippen LogP contribution is -2.24. The molecule has 0 fully saturated rings. The first-order valence-electron chi connectivity index (χ1n) is 5.22. The van der Waals surface area contributed by atoms with E-state index in [4.69, 9.17) is 11.2 Å². The number of hydrogen-bond donors (Lipinski definition) is 1. The van der Waals surface area contributed by atoms with Crippen molar-refractivity contribution < 1.29 is 9.53 Å². The predicted octanol–water partition coefficient (Wildman–Crippen LogP) is 1.47. The molecular weight excluding hydrogens is 202 g/mol. The summed E-state index contributed by atoms with van der Waals surface area (Å²) < 4.78 is 5.29. The van der Waals surface area contributed by atoms with Gasteiger partial charge in [0.2, 0.25) is 0 Å². The van der Waals surface area contributed by atoms with E-state index in [1.54, 1.807) is 0 Å². The standard InChI is InChI=1S/C13H13NO2/c1-2-3-6-14-13(15)10-4-5-11-8-16-9-12(11)7-10/h1,4-5,7H,3,6,8-9H2,(H,14,15). The summed E-state index contributed by atoms with van der Waals surface area (Å²) in [5.41, 5.74) is 2.94. The third-order valence-electron chi connectivity index (χ3n) is 2.54. The van der Waals surface area contributed by atoms with Gasteiger partial charge in [-0.1, -0.05) is 6.07 Å². The second-order valence-electron chi connectivity index (χ2n) is 3.69. The third-order valence-corrected chi connectivity index (χ3v) is 2.54. The van der Waals surface area contributed by atoms with Gasteiger partial charge >= 0.3 is 0 Å². The zero-order valence-corrected chi connectivity index (χ0v) is 8.95. The molecule has 82 valence electrons. The van der Waals surface area contributed by atoms with Crippen LogP contribution in [-0.2, 0) is 18.0 Å². The highest BCUT2D eigenvalue weighted by Crippen LogP contribution is 2.20. The summed E-state index contributed by atoms with van der Waals surface area (Å²) in [5, 5.41) is 2.77. The van der Waals surface area contributed by atoms with Crippen LogP contribution in [0.5, 0.6) is 0 Å². The Morgan fingerprint density at radius 1 is 1.44 bits per heavy atom. The molecular formula is C13H13NO2. The lowest BCUT2D eigenvalue weighted by atomic mass is 10.1. The van der Waals surface area contributed by atoms with Crippen LogP contribution in [0.4, 0.5) is 0 Å². The Kier molecular flexibility index (Phi) is 3.23. The Bertz CT molecular complexity index is 446. The molecule has 1 N–H and O–H groups in total. The number of nitrogens with one attached hydrogen (secondary N) is 1. The Balaban J connectivity index is 2.04. The molecule has 0 atom stereocenters. The molecule has 3 heteroatoms. The third kappa shape index (κ3) is 2.23. The van der Waals surface area contributed by atoms with Crippen molar-refractivity contribution in [2.24, 2.45) is 0 Å². The van der Waals surface area contributed by atoms with Crippen LogP contribution in [0.15, 0.2) is 18.2 Å². The molecule has 0 aliphatic carbocycles. The Labute approximate surface area is 94.8 Å². The summed E-state index contributed by atoms with van der Waals surface area (Å²) in [6.07, 6.45) is 5.66. The van der Waals surface area contributed by atoms with Crippen molar-refractivity contribution >= 4 is 5.91 Å². The lowest BCUT2D eigenvalue weighted by Gasteiger charge is -2.04. The number of carbonyl (C=O) groups excluding carboxylic acids is 1. The second-order valence-corrected chi connectivity index (χ2v) is 3.69. The minimum absolute atomic E-state index is 0.0787. The number of benzene rings is 1. The van der Waals surface area contributed by atoms with Crippen molar-refractivity contribution in [1.29, 1.82) is 0 Å². The molecule has 2 rings (SSSR count). The van der Waals surface area contributed by atoms with Gasteiger partial charge in [-0.2, -0.15) is 0 Å². The summed E-state index contributed by atoms with van der Waals surface area (Å²) in [6.45, 7) is 1.76. The molecule has 0 saturated heterocycles. The topological polar surface area (TPSA) is 38.3 Å². The zero-order valence-electron chi connectivity index (χ0n) is 8.95. The molecule has 0 radical (unpaired) electrons. The van der Waals surface area contributed by atoms with Crippen molar-refractivity contribution in [3.05, 3.63) is 34.9 Å². The normalized spacial score (nSPS) is 12.9. The molecule has 1 aliphatic rings. The molecule has 0 spiro atoms. The fourth-order valence-electron chi connectivity index (χ4n) is 1.66. The molecule has 16 heavy (non-hydrogen) atoms. The van der Waals surface area contributed by atoms with Crippen molar-refractivity contribution in [2.75, 3.05) is 6.54 Å². The SMILES string of the molecule is C#CCCNC(=O)c1ccc2c(c1)COC2. The number of amides is 1. The van der Waals surface area contributed by atoms with Crippen molar-refractivity contribution in [2.45, 2.75) is 19.6 Å². The smallest absolute Gasteiger partial charge is 0.251 e. The molecule has 0 aromatic heterocycles. The summed E-state index contributed by atoms with van der Waals surface area (Å²) in [4.78, 5) is 11.7. The first-order chi connectivity index (χ1) is 7.81. The van der Waals surface area contributed by atoms with E-state index in [1.165, 1.54) is 5.56 Å². The number of rotatable bonds is 3. The molecule has 1 heterocycles. The highest BCUT2D eigenvalue weighted by molar-refractivity contribution is 5.94. The molecule has 1 aromatic rings. The van der Waals surface area contributed by atoms with Crippen LogP contribution >= 0.6 is 0 Å². The van der Waals surface area contributed by atoms with Gasteiger partial charge in [0.05, 0.1) is 13.2 Å². The maximum atomic E-state index is 11.7. The predicted molar refractivity (Wildman–Crippen MR) is 60.7 cm³/mol. The quantitative estimate of drug-likeness (QED) is 0.612. The van der Waals surface area contributed by atoms with Crippen LogP contribution in [0.1, 0.15) is 27.9 Å². The number of terminal acetylenes is 1. The summed E-state index contributed by atoms with van der Waals surface area (Å²) >= 11 is 0. The zero-order chi connectivity index (χ0) is 11.4. The number of fused-ring (bicyclic) bond motifs is 1. The molecule has 0 bridgehead atoms. The monoisotopic (exact) mass is 215 g/mol. The average Bonchev–Trinajstić information content (AvgIpc) is 2.76. The molecule has 1 amide bonds.